The predicted octanol–water partition coefficient (Wildman–Crippen LogP) is 12.8. The smallest absolute Gasteiger partial charge is 0.306 e. The van der Waals surface area contributed by atoms with E-state index in [9.17, 15) is 19.5 Å². The molecule has 0 aromatic carbocycles. The quantitative estimate of drug-likeness (QED) is 0.0342. The van der Waals surface area contributed by atoms with E-state index >= 15 is 0 Å². The molecule has 0 N–H and O–H groups in total. The third-order valence-electron chi connectivity index (χ3n) is 11.7. The molecular formula is C50H97NO7. The van der Waals surface area contributed by atoms with Gasteiger partial charge >= 0.3 is 11.9 Å². The van der Waals surface area contributed by atoms with E-state index in [-0.39, 0.29) is 42.7 Å². The van der Waals surface area contributed by atoms with E-state index in [1.165, 1.54) is 180 Å². The number of likely N-dealkylation sites (N-methyl/N-ethyl adjacent to an activating group) is 1. The van der Waals surface area contributed by atoms with Gasteiger partial charge in [0.05, 0.1) is 40.3 Å². The van der Waals surface area contributed by atoms with Crippen LogP contribution in [0, 0.1) is 0 Å². The second-order valence-electron chi connectivity index (χ2n) is 18.4. The Morgan fingerprint density at radius 3 is 1.07 bits per heavy atom. The van der Waals surface area contributed by atoms with Crippen molar-refractivity contribution in [3.05, 3.63) is 0 Å². The molecule has 0 aliphatic heterocycles. The molecule has 0 heterocycles. The number of aliphatic carboxylic acids is 1. The van der Waals surface area contributed by atoms with Crippen molar-refractivity contribution in [3.63, 3.8) is 0 Å². The van der Waals surface area contributed by atoms with Crippen molar-refractivity contribution in [2.45, 2.75) is 264 Å². The van der Waals surface area contributed by atoms with Crippen molar-refractivity contribution < 1.29 is 38.2 Å². The fourth-order valence-electron chi connectivity index (χ4n) is 7.84. The summed E-state index contributed by atoms with van der Waals surface area (Å²) in [5, 5.41) is 11.6. The molecule has 0 spiro atoms. The van der Waals surface area contributed by atoms with Crippen LogP contribution in [0.2, 0.25) is 0 Å². The summed E-state index contributed by atoms with van der Waals surface area (Å²) in [7, 11) is 5.43. The number of carboxylic acids is 1. The predicted molar refractivity (Wildman–Crippen MR) is 241 cm³/mol. The van der Waals surface area contributed by atoms with Crippen LogP contribution in [-0.2, 0) is 28.6 Å². The van der Waals surface area contributed by atoms with E-state index in [1.807, 2.05) is 21.1 Å². The number of rotatable bonds is 46. The second-order valence-corrected chi connectivity index (χ2v) is 18.4. The first kappa shape index (κ1) is 56.3. The highest BCUT2D eigenvalue weighted by atomic mass is 16.6. The van der Waals surface area contributed by atoms with Crippen LogP contribution in [0.3, 0.4) is 0 Å². The number of nitrogens with zero attached hydrogens (tertiary/aromatic N) is 1. The molecule has 0 bridgehead atoms. The van der Waals surface area contributed by atoms with E-state index in [4.69, 9.17) is 14.2 Å². The van der Waals surface area contributed by atoms with Crippen LogP contribution in [-0.4, -0.2) is 75.5 Å². The Hall–Kier alpha value is -1.67. The summed E-state index contributed by atoms with van der Waals surface area (Å²) in [5.41, 5.74) is 0. The van der Waals surface area contributed by atoms with Crippen LogP contribution in [0.15, 0.2) is 0 Å². The molecular weight excluding hydrogens is 727 g/mol. The van der Waals surface area contributed by atoms with E-state index in [0.29, 0.717) is 12.8 Å². The number of unbranched alkanes of at least 4 members (excludes halogenated alkanes) is 32. The van der Waals surface area contributed by atoms with Gasteiger partial charge in [0.1, 0.15) is 12.6 Å². The molecule has 0 aromatic heterocycles. The fourth-order valence-corrected chi connectivity index (χ4v) is 7.84. The summed E-state index contributed by atoms with van der Waals surface area (Å²) in [6.07, 6.45) is 44.1. The second kappa shape index (κ2) is 42.0. The normalized spacial score (nSPS) is 12.8. The summed E-state index contributed by atoms with van der Waals surface area (Å²) in [6.45, 7) is 4.71. The van der Waals surface area contributed by atoms with E-state index in [1.54, 1.807) is 0 Å². The topological polar surface area (TPSA) is 102 Å². The SMILES string of the molecule is CCCCCCCCCCCCCCCCCCCCCCCC(=O)OC(COCCC(C(=O)[O-])[N+](C)(C)C)COC(=O)CCCCCCCCCCCCCCC. The van der Waals surface area contributed by atoms with Crippen molar-refractivity contribution in [3.8, 4) is 0 Å². The number of carbonyl (C=O) groups is 3. The standard InChI is InChI=1S/C50H97NO7/c1-6-8-10-12-14-16-18-20-21-22-23-24-25-26-27-29-31-33-35-37-39-41-49(53)58-46(44-56-43-42-47(50(54)55)51(3,4)5)45-57-48(52)40-38-36-34-32-30-28-19-17-15-13-11-9-7-2/h46-47H,6-45H2,1-5H3. The van der Waals surface area contributed by atoms with Crippen LogP contribution in [0.1, 0.15) is 251 Å². The zero-order valence-electron chi connectivity index (χ0n) is 39.2. The van der Waals surface area contributed by atoms with Crippen LogP contribution in [0.4, 0.5) is 0 Å². The van der Waals surface area contributed by atoms with Gasteiger partial charge in [0.2, 0.25) is 0 Å². The molecule has 344 valence electrons. The van der Waals surface area contributed by atoms with Gasteiger partial charge in [0.25, 0.3) is 0 Å². The Balaban J connectivity index is 4.17. The van der Waals surface area contributed by atoms with Crippen molar-refractivity contribution in [1.82, 2.24) is 0 Å². The summed E-state index contributed by atoms with van der Waals surface area (Å²) in [4.78, 5) is 36.9. The number of carboxylic acid groups (broad SMARTS) is 1. The molecule has 0 saturated heterocycles. The molecule has 0 fully saturated rings. The minimum absolute atomic E-state index is 0.0496. The van der Waals surface area contributed by atoms with Crippen LogP contribution in [0.25, 0.3) is 0 Å². The summed E-state index contributed by atoms with van der Waals surface area (Å²) < 4.78 is 17.2. The number of ether oxygens (including phenoxy) is 3. The third-order valence-corrected chi connectivity index (χ3v) is 11.7. The Morgan fingerprint density at radius 1 is 0.448 bits per heavy atom. The lowest BCUT2D eigenvalue weighted by molar-refractivity contribution is -0.889. The minimum Gasteiger partial charge on any atom is -0.544 e. The van der Waals surface area contributed by atoms with Gasteiger partial charge in [-0.3, -0.25) is 9.59 Å². The van der Waals surface area contributed by atoms with Gasteiger partial charge in [0.15, 0.2) is 6.10 Å². The van der Waals surface area contributed by atoms with Gasteiger partial charge in [-0.25, -0.2) is 0 Å². The molecule has 0 aliphatic rings. The minimum atomic E-state index is -1.12. The van der Waals surface area contributed by atoms with Crippen molar-refractivity contribution in [1.29, 1.82) is 0 Å². The first-order valence-electron chi connectivity index (χ1n) is 25.1. The van der Waals surface area contributed by atoms with Gasteiger partial charge in [0, 0.05) is 19.3 Å². The highest BCUT2D eigenvalue weighted by Gasteiger charge is 2.25. The molecule has 0 amide bonds. The maximum atomic E-state index is 12.8. The lowest BCUT2D eigenvalue weighted by Crippen LogP contribution is -2.55. The summed E-state index contributed by atoms with van der Waals surface area (Å²) in [5.74, 6) is -1.71. The lowest BCUT2D eigenvalue weighted by atomic mass is 10.0. The van der Waals surface area contributed by atoms with Crippen LogP contribution < -0.4 is 5.11 Å². The van der Waals surface area contributed by atoms with E-state index < -0.39 is 18.1 Å². The largest absolute Gasteiger partial charge is 0.544 e. The number of hydrogen-bond acceptors (Lipinski definition) is 7. The van der Waals surface area contributed by atoms with E-state index in [2.05, 4.69) is 13.8 Å². The number of hydrogen-bond donors (Lipinski definition) is 0. The molecule has 2 atom stereocenters. The van der Waals surface area contributed by atoms with Gasteiger partial charge < -0.3 is 28.6 Å². The molecule has 8 heteroatoms. The van der Waals surface area contributed by atoms with Crippen molar-refractivity contribution in [2.75, 3.05) is 41.0 Å². The van der Waals surface area contributed by atoms with Gasteiger partial charge in [-0.2, -0.15) is 0 Å². The Bertz CT molecular complexity index is 920. The Morgan fingerprint density at radius 2 is 0.759 bits per heavy atom. The molecule has 8 nitrogen and oxygen atoms in total. The zero-order chi connectivity index (χ0) is 42.8. The van der Waals surface area contributed by atoms with Crippen LogP contribution >= 0.6 is 0 Å². The summed E-state index contributed by atoms with van der Waals surface area (Å²) >= 11 is 0. The van der Waals surface area contributed by atoms with Gasteiger partial charge in [-0.15, -0.1) is 0 Å². The zero-order valence-corrected chi connectivity index (χ0v) is 39.2. The molecule has 0 aromatic rings. The number of esters is 2. The molecule has 0 saturated carbocycles. The molecule has 0 aliphatic carbocycles. The average Bonchev–Trinajstić information content (AvgIpc) is 3.18. The highest BCUT2D eigenvalue weighted by Crippen LogP contribution is 2.17. The third kappa shape index (κ3) is 39.8. The fraction of sp³-hybridized carbons (Fsp3) is 0.940. The first-order chi connectivity index (χ1) is 28.1. The number of quaternary nitrogens is 1. The molecule has 0 radical (unpaired) electrons. The van der Waals surface area contributed by atoms with Gasteiger partial charge in [-0.1, -0.05) is 219 Å². The molecule has 58 heavy (non-hydrogen) atoms. The Labute approximate surface area is 359 Å². The molecule has 2 unspecified atom stereocenters. The van der Waals surface area contributed by atoms with Crippen molar-refractivity contribution in [2.24, 2.45) is 0 Å². The average molecular weight is 824 g/mol. The van der Waals surface area contributed by atoms with Crippen LogP contribution in [0.5, 0.6) is 0 Å². The lowest BCUT2D eigenvalue weighted by Gasteiger charge is -2.34. The van der Waals surface area contributed by atoms with E-state index in [0.717, 1.165) is 38.5 Å². The van der Waals surface area contributed by atoms with Crippen molar-refractivity contribution >= 4 is 17.9 Å². The molecule has 0 rings (SSSR count). The maximum absolute atomic E-state index is 12.8. The Kier molecular flexibility index (Phi) is 40.8. The van der Waals surface area contributed by atoms with Gasteiger partial charge in [-0.05, 0) is 12.8 Å². The highest BCUT2D eigenvalue weighted by molar-refractivity contribution is 5.70. The maximum Gasteiger partial charge on any atom is 0.306 e. The first-order valence-corrected chi connectivity index (χ1v) is 25.1. The number of carbonyl (C=O) groups excluding carboxylic acids is 3. The summed E-state index contributed by atoms with van der Waals surface area (Å²) in [6, 6.07) is -0.719. The monoisotopic (exact) mass is 824 g/mol.